The highest BCUT2D eigenvalue weighted by Gasteiger charge is 2.44. The van der Waals surface area contributed by atoms with Crippen molar-refractivity contribution in [2.24, 2.45) is 9.98 Å². The molecule has 0 saturated heterocycles. The number of amidine groups is 2. The lowest BCUT2D eigenvalue weighted by molar-refractivity contribution is 0.241. The predicted octanol–water partition coefficient (Wildman–Crippen LogP) is 4.88. The lowest BCUT2D eigenvalue weighted by Gasteiger charge is -2.32. The first-order chi connectivity index (χ1) is 14.8. The zero-order valence-corrected chi connectivity index (χ0v) is 17.3. The van der Waals surface area contributed by atoms with E-state index in [1.807, 2.05) is 47.3 Å². The molecule has 2 aliphatic rings. The number of hydrogen-bond donors (Lipinski definition) is 0. The second-order valence-corrected chi connectivity index (χ2v) is 7.53. The van der Waals surface area contributed by atoms with Crippen LogP contribution in [0, 0.1) is 0 Å². The van der Waals surface area contributed by atoms with Crippen LogP contribution in [0.2, 0.25) is 0 Å². The largest absolute Gasteiger partial charge is 0.465 e. The Labute approximate surface area is 176 Å². The molecule has 5 rings (SSSR count). The third-order valence-corrected chi connectivity index (χ3v) is 5.55. The molecular weight excluding hydrogens is 374 g/mol. The average Bonchev–Trinajstić information content (AvgIpc) is 3.40. The normalized spacial score (nSPS) is 19.7. The molecule has 0 bridgehead atoms. The summed E-state index contributed by atoms with van der Waals surface area (Å²) in [6, 6.07) is 21.4. The second-order valence-electron chi connectivity index (χ2n) is 7.53. The summed E-state index contributed by atoms with van der Waals surface area (Å²) in [6.07, 6.45) is 3.72. The monoisotopic (exact) mass is 399 g/mol. The van der Waals surface area contributed by atoms with E-state index in [-0.39, 0.29) is 12.1 Å². The van der Waals surface area contributed by atoms with Crippen LogP contribution in [0.1, 0.15) is 43.9 Å². The quantitative estimate of drug-likeness (QED) is 0.614. The van der Waals surface area contributed by atoms with Crippen LogP contribution in [0.25, 0.3) is 5.69 Å². The zero-order valence-electron chi connectivity index (χ0n) is 17.3. The smallest absolute Gasteiger partial charge is 0.300 e. The number of nitrogens with zero attached hydrogens (tertiary/aromatic N) is 5. The lowest BCUT2D eigenvalue weighted by Crippen LogP contribution is -2.42. The van der Waals surface area contributed by atoms with Crippen LogP contribution in [-0.4, -0.2) is 39.2 Å². The van der Waals surface area contributed by atoms with Crippen molar-refractivity contribution in [3.8, 4) is 5.69 Å². The van der Waals surface area contributed by atoms with Gasteiger partial charge in [0.15, 0.2) is 5.82 Å². The molecule has 30 heavy (non-hydrogen) atoms. The summed E-state index contributed by atoms with van der Waals surface area (Å²) in [5.74, 6) is 1.67. The van der Waals surface area contributed by atoms with Gasteiger partial charge >= 0.3 is 6.02 Å². The third-order valence-electron chi connectivity index (χ3n) is 5.55. The van der Waals surface area contributed by atoms with E-state index < -0.39 is 0 Å². The molecule has 3 heterocycles. The van der Waals surface area contributed by atoms with Gasteiger partial charge < -0.3 is 4.74 Å². The molecule has 2 aromatic carbocycles. The van der Waals surface area contributed by atoms with Gasteiger partial charge in [0.25, 0.3) is 0 Å². The molecule has 0 amide bonds. The number of aromatic nitrogens is 2. The molecule has 1 aromatic heterocycles. The minimum atomic E-state index is 0.0648. The van der Waals surface area contributed by atoms with Gasteiger partial charge in [-0.3, -0.25) is 9.89 Å². The first-order valence-electron chi connectivity index (χ1n) is 10.6. The van der Waals surface area contributed by atoms with Crippen LogP contribution in [-0.2, 0) is 4.74 Å². The van der Waals surface area contributed by atoms with E-state index in [1.54, 1.807) is 0 Å². The fourth-order valence-corrected chi connectivity index (χ4v) is 4.14. The van der Waals surface area contributed by atoms with Crippen LogP contribution < -0.4 is 0 Å². The van der Waals surface area contributed by atoms with Gasteiger partial charge in [-0.2, -0.15) is 10.1 Å². The SMILES string of the molecule is CCCOC1=Nc2c(cnn2-c2ccccc2)C2=N[C@@H](CC)[C@H](c3ccccc3)N12. The number of hydrogen-bond acceptors (Lipinski definition) is 5. The molecule has 0 radical (unpaired) electrons. The fraction of sp³-hybridized carbons (Fsp3) is 0.292. The molecule has 2 aliphatic heterocycles. The van der Waals surface area contributed by atoms with E-state index in [4.69, 9.17) is 14.7 Å². The van der Waals surface area contributed by atoms with Crippen molar-refractivity contribution in [1.82, 2.24) is 14.7 Å². The maximum Gasteiger partial charge on any atom is 0.300 e. The van der Waals surface area contributed by atoms with E-state index in [9.17, 15) is 0 Å². The first-order valence-corrected chi connectivity index (χ1v) is 10.6. The summed E-state index contributed by atoms with van der Waals surface area (Å²) in [7, 11) is 0. The standard InChI is InChI=1S/C24H25N5O/c1-3-15-30-24-27-23-19(16-25-29(23)18-13-9-6-10-14-18)22-26-20(4-2)21(28(22)24)17-11-7-5-8-12-17/h5-14,16,20-21H,3-4,15H2,1-2H3/t20-,21-/m0/s1. The molecule has 0 spiro atoms. The van der Waals surface area contributed by atoms with Crippen LogP contribution in [0.4, 0.5) is 5.82 Å². The zero-order chi connectivity index (χ0) is 20.5. The molecule has 6 nitrogen and oxygen atoms in total. The average molecular weight is 399 g/mol. The molecule has 0 aliphatic carbocycles. The number of rotatable bonds is 5. The Morgan fingerprint density at radius 3 is 2.40 bits per heavy atom. The maximum absolute atomic E-state index is 6.16. The molecule has 6 heteroatoms. The van der Waals surface area contributed by atoms with Crippen molar-refractivity contribution >= 4 is 17.7 Å². The van der Waals surface area contributed by atoms with E-state index >= 15 is 0 Å². The summed E-state index contributed by atoms with van der Waals surface area (Å²) in [5.41, 5.74) is 3.13. The lowest BCUT2D eigenvalue weighted by atomic mass is 9.97. The minimum Gasteiger partial charge on any atom is -0.465 e. The summed E-state index contributed by atoms with van der Waals surface area (Å²) < 4.78 is 8.02. The van der Waals surface area contributed by atoms with Crippen molar-refractivity contribution < 1.29 is 4.74 Å². The predicted molar refractivity (Wildman–Crippen MR) is 119 cm³/mol. The van der Waals surface area contributed by atoms with Crippen molar-refractivity contribution in [1.29, 1.82) is 0 Å². The second kappa shape index (κ2) is 7.78. The van der Waals surface area contributed by atoms with E-state index in [1.165, 1.54) is 5.56 Å². The molecule has 2 atom stereocenters. The Morgan fingerprint density at radius 1 is 0.967 bits per heavy atom. The van der Waals surface area contributed by atoms with Gasteiger partial charge in [-0.15, -0.1) is 0 Å². The highest BCUT2D eigenvalue weighted by atomic mass is 16.5. The van der Waals surface area contributed by atoms with Crippen molar-refractivity contribution in [2.75, 3.05) is 6.61 Å². The van der Waals surface area contributed by atoms with Crippen LogP contribution in [0.3, 0.4) is 0 Å². The topological polar surface area (TPSA) is 55.0 Å². The molecular formula is C24H25N5O. The Balaban J connectivity index is 1.65. The van der Waals surface area contributed by atoms with E-state index in [0.717, 1.165) is 35.7 Å². The molecule has 0 fully saturated rings. The Hall–Kier alpha value is -3.41. The molecule has 3 aromatic rings. The van der Waals surface area contributed by atoms with Crippen LogP contribution in [0.15, 0.2) is 76.8 Å². The molecule has 0 saturated carbocycles. The van der Waals surface area contributed by atoms with Gasteiger partial charge in [0.2, 0.25) is 0 Å². The number of fused-ring (bicyclic) bond motifs is 3. The highest BCUT2D eigenvalue weighted by Crippen LogP contribution is 2.41. The first kappa shape index (κ1) is 18.6. The number of aliphatic imine (C=N–C) groups is 2. The van der Waals surface area contributed by atoms with Crippen molar-refractivity contribution in [3.05, 3.63) is 78.0 Å². The maximum atomic E-state index is 6.16. The van der Waals surface area contributed by atoms with Gasteiger partial charge in [-0.1, -0.05) is 62.4 Å². The molecule has 152 valence electrons. The third kappa shape index (κ3) is 3.00. The van der Waals surface area contributed by atoms with Gasteiger partial charge in [-0.25, -0.2) is 4.68 Å². The Bertz CT molecular complexity index is 1090. The fourth-order valence-electron chi connectivity index (χ4n) is 4.14. The molecule has 0 N–H and O–H groups in total. The van der Waals surface area contributed by atoms with Gasteiger partial charge in [0.05, 0.1) is 36.1 Å². The van der Waals surface area contributed by atoms with Crippen LogP contribution in [0.5, 0.6) is 0 Å². The Morgan fingerprint density at radius 2 is 1.70 bits per heavy atom. The number of benzene rings is 2. The Kier molecular flexibility index (Phi) is 4.83. The summed E-state index contributed by atoms with van der Waals surface area (Å²) in [4.78, 5) is 12.2. The summed E-state index contributed by atoms with van der Waals surface area (Å²) in [5, 5.41) is 4.64. The highest BCUT2D eigenvalue weighted by molar-refractivity contribution is 6.14. The molecule has 0 unspecified atom stereocenters. The van der Waals surface area contributed by atoms with Crippen molar-refractivity contribution in [3.63, 3.8) is 0 Å². The number of para-hydroxylation sites is 1. The van der Waals surface area contributed by atoms with Crippen LogP contribution >= 0.6 is 0 Å². The van der Waals surface area contributed by atoms with Gasteiger partial charge in [0, 0.05) is 0 Å². The minimum absolute atomic E-state index is 0.0648. The summed E-state index contributed by atoms with van der Waals surface area (Å²) >= 11 is 0. The van der Waals surface area contributed by atoms with Gasteiger partial charge in [0.1, 0.15) is 5.84 Å². The van der Waals surface area contributed by atoms with E-state index in [0.29, 0.717) is 12.6 Å². The summed E-state index contributed by atoms with van der Waals surface area (Å²) in [6.45, 7) is 4.89. The van der Waals surface area contributed by atoms with Gasteiger partial charge in [-0.05, 0) is 30.5 Å². The van der Waals surface area contributed by atoms with Crippen molar-refractivity contribution in [2.45, 2.75) is 38.8 Å². The number of ether oxygens (including phenoxy) is 1. The van der Waals surface area contributed by atoms with E-state index in [2.05, 4.69) is 48.1 Å².